The van der Waals surface area contributed by atoms with Crippen molar-refractivity contribution in [1.29, 1.82) is 0 Å². The highest BCUT2D eigenvalue weighted by Crippen LogP contribution is 2.31. The van der Waals surface area contributed by atoms with Gasteiger partial charge in [-0.15, -0.1) is 0 Å². The molecule has 1 unspecified atom stereocenters. The Hall–Kier alpha value is -1.91. The zero-order chi connectivity index (χ0) is 18.6. The van der Waals surface area contributed by atoms with Gasteiger partial charge < -0.3 is 9.80 Å². The summed E-state index contributed by atoms with van der Waals surface area (Å²) in [6.45, 7) is 2.36. The Labute approximate surface area is 162 Å². The minimum Gasteiger partial charge on any atom is -0.341 e. The molecule has 2 amide bonds. The molecule has 0 aromatic carbocycles. The molecule has 0 N–H and O–H groups in total. The van der Waals surface area contributed by atoms with E-state index in [0.29, 0.717) is 5.92 Å². The van der Waals surface area contributed by atoms with Crippen LogP contribution in [0.4, 0.5) is 0 Å². The predicted octanol–water partition coefficient (Wildman–Crippen LogP) is 3.36. The number of pyridine rings is 1. The van der Waals surface area contributed by atoms with Gasteiger partial charge in [-0.25, -0.2) is 0 Å². The molecule has 5 nitrogen and oxygen atoms in total. The number of nitrogens with zero attached hydrogens (tertiary/aromatic N) is 3. The van der Waals surface area contributed by atoms with E-state index in [1.807, 2.05) is 22.2 Å². The molecule has 1 atom stereocenters. The van der Waals surface area contributed by atoms with Crippen molar-refractivity contribution < 1.29 is 9.59 Å². The fraction of sp³-hybridized carbons (Fsp3) is 0.682. The van der Waals surface area contributed by atoms with Gasteiger partial charge in [0.2, 0.25) is 11.8 Å². The zero-order valence-corrected chi connectivity index (χ0v) is 16.2. The first-order valence-corrected chi connectivity index (χ1v) is 10.7. The van der Waals surface area contributed by atoms with Crippen molar-refractivity contribution in [2.75, 3.05) is 19.6 Å². The number of piperidine rings is 1. The molecule has 1 aliphatic carbocycles. The topological polar surface area (TPSA) is 53.5 Å². The third-order valence-corrected chi connectivity index (χ3v) is 6.76. The lowest BCUT2D eigenvalue weighted by Gasteiger charge is -2.36. The van der Waals surface area contributed by atoms with Gasteiger partial charge in [0.1, 0.15) is 6.04 Å². The van der Waals surface area contributed by atoms with Crippen molar-refractivity contribution in [3.63, 3.8) is 0 Å². The van der Waals surface area contributed by atoms with E-state index in [4.69, 9.17) is 0 Å². The second kappa shape index (κ2) is 8.41. The summed E-state index contributed by atoms with van der Waals surface area (Å²) in [6.07, 6.45) is 13.1. The van der Waals surface area contributed by atoms with Crippen LogP contribution in [-0.2, 0) is 9.59 Å². The summed E-state index contributed by atoms with van der Waals surface area (Å²) in [4.78, 5) is 34.2. The number of amides is 2. The maximum Gasteiger partial charge on any atom is 0.245 e. The summed E-state index contributed by atoms with van der Waals surface area (Å²) in [5, 5.41) is 0. The molecule has 1 saturated carbocycles. The smallest absolute Gasteiger partial charge is 0.245 e. The highest BCUT2D eigenvalue weighted by Gasteiger charge is 2.39. The Bertz CT molecular complexity index is 649. The van der Waals surface area contributed by atoms with Gasteiger partial charge in [-0.05, 0) is 62.1 Å². The molecule has 3 heterocycles. The first-order valence-electron chi connectivity index (χ1n) is 10.7. The number of likely N-dealkylation sites (tertiary alicyclic amines) is 2. The standard InChI is InChI=1S/C22H31N3O2/c26-21(19-5-2-1-3-6-19)25-14-4-7-20(25)22(27)24-15-10-18(11-16-24)17-8-12-23-13-9-17/h8-9,12-13,18-20H,1-7,10-11,14-16H2. The van der Waals surface area contributed by atoms with E-state index in [2.05, 4.69) is 17.1 Å². The summed E-state index contributed by atoms with van der Waals surface area (Å²) < 4.78 is 0. The number of aromatic nitrogens is 1. The quantitative estimate of drug-likeness (QED) is 0.821. The Morgan fingerprint density at radius 2 is 1.52 bits per heavy atom. The first-order chi connectivity index (χ1) is 13.2. The van der Waals surface area contributed by atoms with Gasteiger partial charge in [0.25, 0.3) is 0 Å². The van der Waals surface area contributed by atoms with Gasteiger partial charge in [-0.2, -0.15) is 0 Å². The summed E-state index contributed by atoms with van der Waals surface area (Å²) in [5.74, 6) is 1.10. The number of hydrogen-bond donors (Lipinski definition) is 0. The second-order valence-electron chi connectivity index (χ2n) is 8.40. The average Bonchev–Trinajstić information content (AvgIpc) is 3.24. The van der Waals surface area contributed by atoms with Crippen molar-refractivity contribution in [1.82, 2.24) is 14.8 Å². The van der Waals surface area contributed by atoms with E-state index in [9.17, 15) is 9.59 Å². The van der Waals surface area contributed by atoms with Crippen LogP contribution in [-0.4, -0.2) is 52.3 Å². The van der Waals surface area contributed by atoms with Crippen LogP contribution < -0.4 is 0 Å². The molecule has 146 valence electrons. The molecule has 3 aliphatic rings. The van der Waals surface area contributed by atoms with Gasteiger partial charge in [0, 0.05) is 37.9 Å². The van der Waals surface area contributed by atoms with Crippen molar-refractivity contribution in [3.05, 3.63) is 30.1 Å². The summed E-state index contributed by atoms with van der Waals surface area (Å²) in [5.41, 5.74) is 1.33. The molecule has 2 saturated heterocycles. The lowest BCUT2D eigenvalue weighted by atomic mass is 9.88. The van der Waals surface area contributed by atoms with Crippen molar-refractivity contribution >= 4 is 11.8 Å². The SMILES string of the molecule is O=C(C1CCCN1C(=O)C1CCCCC1)N1CCC(c2ccncc2)CC1. The Balaban J connectivity index is 1.35. The lowest BCUT2D eigenvalue weighted by Crippen LogP contribution is -2.51. The van der Waals surface area contributed by atoms with Crippen molar-refractivity contribution in [2.24, 2.45) is 5.92 Å². The van der Waals surface area contributed by atoms with Crippen LogP contribution in [0, 0.1) is 5.92 Å². The molecule has 5 heteroatoms. The van der Waals surface area contributed by atoms with Crippen LogP contribution >= 0.6 is 0 Å². The number of rotatable bonds is 3. The monoisotopic (exact) mass is 369 g/mol. The van der Waals surface area contributed by atoms with E-state index in [-0.39, 0.29) is 23.8 Å². The molecule has 3 fully saturated rings. The second-order valence-corrected chi connectivity index (χ2v) is 8.40. The molecule has 2 aliphatic heterocycles. The highest BCUT2D eigenvalue weighted by atomic mass is 16.2. The Kier molecular flexibility index (Phi) is 5.74. The van der Waals surface area contributed by atoms with Gasteiger partial charge in [0.05, 0.1) is 0 Å². The molecular formula is C22H31N3O2. The number of carbonyl (C=O) groups excluding carboxylic acids is 2. The van der Waals surface area contributed by atoms with Gasteiger partial charge in [-0.1, -0.05) is 19.3 Å². The van der Waals surface area contributed by atoms with Crippen LogP contribution in [0.15, 0.2) is 24.5 Å². The zero-order valence-electron chi connectivity index (χ0n) is 16.2. The molecule has 4 rings (SSSR count). The molecule has 0 bridgehead atoms. The molecular weight excluding hydrogens is 338 g/mol. The fourth-order valence-corrected chi connectivity index (χ4v) is 5.15. The van der Waals surface area contributed by atoms with Gasteiger partial charge in [-0.3, -0.25) is 14.6 Å². The van der Waals surface area contributed by atoms with Gasteiger partial charge in [0.15, 0.2) is 0 Å². The minimum atomic E-state index is -0.211. The van der Waals surface area contributed by atoms with Crippen molar-refractivity contribution in [2.45, 2.75) is 69.7 Å². The van der Waals surface area contributed by atoms with E-state index in [1.54, 1.807) is 0 Å². The maximum absolute atomic E-state index is 13.2. The third-order valence-electron chi connectivity index (χ3n) is 6.76. The Morgan fingerprint density at radius 3 is 2.22 bits per heavy atom. The summed E-state index contributed by atoms with van der Waals surface area (Å²) in [7, 11) is 0. The third kappa shape index (κ3) is 4.02. The van der Waals surface area contributed by atoms with E-state index < -0.39 is 0 Å². The molecule has 0 spiro atoms. The fourth-order valence-electron chi connectivity index (χ4n) is 5.15. The number of carbonyl (C=O) groups is 2. The number of hydrogen-bond acceptors (Lipinski definition) is 3. The van der Waals surface area contributed by atoms with E-state index in [0.717, 1.165) is 71.0 Å². The maximum atomic E-state index is 13.2. The normalized spacial score (nSPS) is 25.0. The highest BCUT2D eigenvalue weighted by molar-refractivity contribution is 5.89. The molecule has 1 aromatic rings. The van der Waals surface area contributed by atoms with Crippen LogP contribution in [0.25, 0.3) is 0 Å². The van der Waals surface area contributed by atoms with E-state index >= 15 is 0 Å². The Morgan fingerprint density at radius 1 is 0.815 bits per heavy atom. The average molecular weight is 370 g/mol. The van der Waals surface area contributed by atoms with Crippen LogP contribution in [0.5, 0.6) is 0 Å². The molecule has 27 heavy (non-hydrogen) atoms. The lowest BCUT2D eigenvalue weighted by molar-refractivity contribution is -0.147. The largest absolute Gasteiger partial charge is 0.341 e. The summed E-state index contributed by atoms with van der Waals surface area (Å²) >= 11 is 0. The molecule has 0 radical (unpaired) electrons. The summed E-state index contributed by atoms with van der Waals surface area (Å²) in [6, 6.07) is 3.96. The van der Waals surface area contributed by atoms with E-state index in [1.165, 1.54) is 12.0 Å². The van der Waals surface area contributed by atoms with Crippen LogP contribution in [0.3, 0.4) is 0 Å². The minimum absolute atomic E-state index is 0.157. The first kappa shape index (κ1) is 18.5. The van der Waals surface area contributed by atoms with Crippen LogP contribution in [0.1, 0.15) is 69.3 Å². The van der Waals surface area contributed by atoms with Crippen LogP contribution in [0.2, 0.25) is 0 Å². The predicted molar refractivity (Wildman–Crippen MR) is 104 cm³/mol. The van der Waals surface area contributed by atoms with Gasteiger partial charge >= 0.3 is 0 Å². The molecule has 1 aromatic heterocycles. The van der Waals surface area contributed by atoms with Crippen molar-refractivity contribution in [3.8, 4) is 0 Å².